The number of ether oxygens (including phenoxy) is 1. The van der Waals surface area contributed by atoms with Crippen molar-refractivity contribution in [1.29, 1.82) is 0 Å². The molecule has 0 radical (unpaired) electrons. The molecule has 0 saturated heterocycles. The van der Waals surface area contributed by atoms with E-state index in [1.54, 1.807) is 0 Å². The summed E-state index contributed by atoms with van der Waals surface area (Å²) in [4.78, 5) is 2.38. The fraction of sp³-hybridized carbons (Fsp3) is 0.538. The first-order valence-corrected chi connectivity index (χ1v) is 5.99. The Hall–Kier alpha value is -1.06. The van der Waals surface area contributed by atoms with Gasteiger partial charge in [-0.25, -0.2) is 0 Å². The Bertz CT molecular complexity index is 340. The molecule has 2 rings (SSSR count). The van der Waals surface area contributed by atoms with Crippen LogP contribution >= 0.6 is 0 Å². The molecule has 1 aromatic carbocycles. The molecule has 2 N–H and O–H groups in total. The molecule has 1 heterocycles. The second-order valence-electron chi connectivity index (χ2n) is 4.14. The van der Waals surface area contributed by atoms with E-state index < -0.39 is 0 Å². The standard InChI is InChI=1S/C13H20N2O/c1-2-16-12(9-14)10-15-8-7-11-5-3-4-6-13(11)15/h3-6,12H,2,7-10,14H2,1H3. The van der Waals surface area contributed by atoms with Crippen molar-refractivity contribution in [3.8, 4) is 0 Å². The number of hydrogen-bond acceptors (Lipinski definition) is 3. The maximum atomic E-state index is 5.71. The van der Waals surface area contributed by atoms with E-state index in [9.17, 15) is 0 Å². The highest BCUT2D eigenvalue weighted by molar-refractivity contribution is 5.57. The van der Waals surface area contributed by atoms with Gasteiger partial charge in [0.05, 0.1) is 6.10 Å². The summed E-state index contributed by atoms with van der Waals surface area (Å²) in [7, 11) is 0. The number of benzene rings is 1. The van der Waals surface area contributed by atoms with Crippen molar-refractivity contribution in [3.05, 3.63) is 29.8 Å². The Morgan fingerprint density at radius 3 is 3.00 bits per heavy atom. The molecule has 0 aromatic heterocycles. The number of hydrogen-bond donors (Lipinski definition) is 1. The van der Waals surface area contributed by atoms with Gasteiger partial charge in [0.25, 0.3) is 0 Å². The third kappa shape index (κ3) is 2.36. The van der Waals surface area contributed by atoms with Crippen LogP contribution in [-0.4, -0.2) is 32.3 Å². The quantitative estimate of drug-likeness (QED) is 0.815. The lowest BCUT2D eigenvalue weighted by atomic mass is 10.2. The van der Waals surface area contributed by atoms with Gasteiger partial charge in [0.1, 0.15) is 0 Å². The summed E-state index contributed by atoms with van der Waals surface area (Å²) in [5.41, 5.74) is 8.49. The van der Waals surface area contributed by atoms with Crippen LogP contribution in [0.15, 0.2) is 24.3 Å². The average Bonchev–Trinajstić information content (AvgIpc) is 2.72. The lowest BCUT2D eigenvalue weighted by Gasteiger charge is -2.25. The van der Waals surface area contributed by atoms with Gasteiger partial charge in [-0.15, -0.1) is 0 Å². The Morgan fingerprint density at radius 2 is 2.25 bits per heavy atom. The molecule has 16 heavy (non-hydrogen) atoms. The van der Waals surface area contributed by atoms with Crippen LogP contribution in [0.2, 0.25) is 0 Å². The normalized spacial score (nSPS) is 16.2. The predicted octanol–water partition coefficient (Wildman–Crippen LogP) is 1.41. The molecule has 88 valence electrons. The number of nitrogens with two attached hydrogens (primary N) is 1. The van der Waals surface area contributed by atoms with Crippen LogP contribution < -0.4 is 10.6 Å². The fourth-order valence-corrected chi connectivity index (χ4v) is 2.27. The predicted molar refractivity (Wildman–Crippen MR) is 66.8 cm³/mol. The van der Waals surface area contributed by atoms with Crippen LogP contribution in [0, 0.1) is 0 Å². The summed E-state index contributed by atoms with van der Waals surface area (Å²) in [5, 5.41) is 0. The van der Waals surface area contributed by atoms with Crippen LogP contribution in [0.1, 0.15) is 12.5 Å². The Balaban J connectivity index is 2.02. The van der Waals surface area contributed by atoms with E-state index in [2.05, 4.69) is 29.2 Å². The largest absolute Gasteiger partial charge is 0.375 e. The van der Waals surface area contributed by atoms with E-state index in [-0.39, 0.29) is 6.10 Å². The minimum absolute atomic E-state index is 0.149. The maximum absolute atomic E-state index is 5.71. The van der Waals surface area contributed by atoms with Crippen LogP contribution in [-0.2, 0) is 11.2 Å². The second kappa shape index (κ2) is 5.32. The summed E-state index contributed by atoms with van der Waals surface area (Å²) in [5.74, 6) is 0. The zero-order valence-electron chi connectivity index (χ0n) is 9.86. The van der Waals surface area contributed by atoms with Gasteiger partial charge in [0.15, 0.2) is 0 Å². The lowest BCUT2D eigenvalue weighted by Crippen LogP contribution is -2.37. The highest BCUT2D eigenvalue weighted by atomic mass is 16.5. The third-order valence-electron chi connectivity index (χ3n) is 3.07. The molecule has 3 heteroatoms. The average molecular weight is 220 g/mol. The van der Waals surface area contributed by atoms with Gasteiger partial charge in [-0.1, -0.05) is 18.2 Å². The summed E-state index contributed by atoms with van der Waals surface area (Å²) in [6.45, 7) is 5.33. The SMILES string of the molecule is CCOC(CN)CN1CCc2ccccc21. The minimum atomic E-state index is 0.149. The zero-order valence-corrected chi connectivity index (χ0v) is 9.86. The van der Waals surface area contributed by atoms with Crippen molar-refractivity contribution in [2.75, 3.05) is 31.1 Å². The minimum Gasteiger partial charge on any atom is -0.375 e. The zero-order chi connectivity index (χ0) is 11.4. The van der Waals surface area contributed by atoms with Gasteiger partial charge in [0, 0.05) is 31.9 Å². The van der Waals surface area contributed by atoms with E-state index in [0.717, 1.165) is 26.1 Å². The molecule has 0 saturated carbocycles. The molecule has 0 amide bonds. The lowest BCUT2D eigenvalue weighted by molar-refractivity contribution is 0.0740. The van der Waals surface area contributed by atoms with Crippen molar-refractivity contribution < 1.29 is 4.74 Å². The highest BCUT2D eigenvalue weighted by Crippen LogP contribution is 2.27. The van der Waals surface area contributed by atoms with Gasteiger partial charge in [-0.05, 0) is 25.0 Å². The number of anilines is 1. The summed E-state index contributed by atoms with van der Waals surface area (Å²) < 4.78 is 5.60. The molecule has 0 bridgehead atoms. The maximum Gasteiger partial charge on any atom is 0.0871 e. The molecular weight excluding hydrogens is 200 g/mol. The molecule has 0 spiro atoms. The first-order chi connectivity index (χ1) is 7.85. The Morgan fingerprint density at radius 1 is 1.44 bits per heavy atom. The second-order valence-corrected chi connectivity index (χ2v) is 4.14. The van der Waals surface area contributed by atoms with Crippen LogP contribution in [0.25, 0.3) is 0 Å². The van der Waals surface area contributed by atoms with Crippen molar-refractivity contribution in [2.24, 2.45) is 5.73 Å². The van der Waals surface area contributed by atoms with E-state index in [1.165, 1.54) is 11.3 Å². The molecule has 0 fully saturated rings. The van der Waals surface area contributed by atoms with Crippen LogP contribution in [0.3, 0.4) is 0 Å². The summed E-state index contributed by atoms with van der Waals surface area (Å²) in [6.07, 6.45) is 1.29. The smallest absolute Gasteiger partial charge is 0.0871 e. The van der Waals surface area contributed by atoms with Crippen molar-refractivity contribution in [3.63, 3.8) is 0 Å². The van der Waals surface area contributed by atoms with Gasteiger partial charge < -0.3 is 15.4 Å². The van der Waals surface area contributed by atoms with Crippen LogP contribution in [0.4, 0.5) is 5.69 Å². The van der Waals surface area contributed by atoms with E-state index in [1.807, 2.05) is 6.92 Å². The molecule has 1 aliphatic rings. The monoisotopic (exact) mass is 220 g/mol. The molecular formula is C13H20N2O. The Labute approximate surface area is 97.2 Å². The molecule has 1 atom stereocenters. The highest BCUT2D eigenvalue weighted by Gasteiger charge is 2.20. The fourth-order valence-electron chi connectivity index (χ4n) is 2.27. The Kier molecular flexibility index (Phi) is 3.80. The number of nitrogens with zero attached hydrogens (tertiary/aromatic N) is 1. The van der Waals surface area contributed by atoms with E-state index >= 15 is 0 Å². The van der Waals surface area contributed by atoms with Crippen molar-refractivity contribution in [2.45, 2.75) is 19.4 Å². The van der Waals surface area contributed by atoms with Gasteiger partial charge in [-0.2, -0.15) is 0 Å². The van der Waals surface area contributed by atoms with E-state index in [4.69, 9.17) is 10.5 Å². The molecule has 1 aromatic rings. The molecule has 0 aliphatic carbocycles. The third-order valence-corrected chi connectivity index (χ3v) is 3.07. The topological polar surface area (TPSA) is 38.5 Å². The van der Waals surface area contributed by atoms with Gasteiger partial charge in [-0.3, -0.25) is 0 Å². The molecule has 1 unspecified atom stereocenters. The first-order valence-electron chi connectivity index (χ1n) is 5.99. The number of rotatable bonds is 5. The number of para-hydroxylation sites is 1. The molecule has 1 aliphatic heterocycles. The first kappa shape index (κ1) is 11.4. The van der Waals surface area contributed by atoms with Gasteiger partial charge in [0.2, 0.25) is 0 Å². The van der Waals surface area contributed by atoms with Gasteiger partial charge >= 0.3 is 0 Å². The van der Waals surface area contributed by atoms with Crippen molar-refractivity contribution in [1.82, 2.24) is 0 Å². The number of fused-ring (bicyclic) bond motifs is 1. The van der Waals surface area contributed by atoms with E-state index in [0.29, 0.717) is 6.54 Å². The molecule has 3 nitrogen and oxygen atoms in total. The summed E-state index contributed by atoms with van der Waals surface area (Å²) >= 11 is 0. The van der Waals surface area contributed by atoms with Crippen LogP contribution in [0.5, 0.6) is 0 Å². The van der Waals surface area contributed by atoms with Crippen molar-refractivity contribution >= 4 is 5.69 Å². The summed E-state index contributed by atoms with van der Waals surface area (Å²) in [6, 6.07) is 8.58.